The van der Waals surface area contributed by atoms with E-state index in [-0.39, 0.29) is 0 Å². The average molecular weight is 268 g/mol. The van der Waals surface area contributed by atoms with Gasteiger partial charge in [-0.15, -0.1) is 0 Å². The molecule has 1 heteroatoms. The maximum Gasteiger partial charge on any atom is 0.0615 e. The fourth-order valence-corrected chi connectivity index (χ4v) is 4.00. The molecule has 1 nitrogen and oxygen atoms in total. The summed E-state index contributed by atoms with van der Waals surface area (Å²) in [5.41, 5.74) is 0. The number of ether oxygens (including phenoxy) is 1. The topological polar surface area (TPSA) is 9.23 Å². The van der Waals surface area contributed by atoms with Crippen molar-refractivity contribution in [1.29, 1.82) is 0 Å². The van der Waals surface area contributed by atoms with E-state index in [1.165, 1.54) is 12.8 Å². The molecule has 1 saturated heterocycles. The monoisotopic (exact) mass is 268 g/mol. The van der Waals surface area contributed by atoms with Crippen molar-refractivity contribution < 1.29 is 4.74 Å². The lowest BCUT2D eigenvalue weighted by atomic mass is 9.71. The van der Waals surface area contributed by atoms with Crippen LogP contribution in [0.25, 0.3) is 0 Å². The number of hydrogen-bond donors (Lipinski definition) is 0. The highest BCUT2D eigenvalue weighted by Gasteiger charge is 2.46. The zero-order chi connectivity index (χ0) is 14.7. The van der Waals surface area contributed by atoms with Gasteiger partial charge in [0.25, 0.3) is 0 Å². The molecular weight excluding hydrogens is 232 g/mol. The Kier molecular flexibility index (Phi) is 6.36. The molecule has 0 amide bonds. The van der Waals surface area contributed by atoms with Gasteiger partial charge in [0.2, 0.25) is 0 Å². The van der Waals surface area contributed by atoms with E-state index in [0.29, 0.717) is 12.2 Å². The maximum absolute atomic E-state index is 6.53. The molecule has 0 aromatic carbocycles. The molecule has 0 radical (unpaired) electrons. The Hall–Kier alpha value is -0.0400. The van der Waals surface area contributed by atoms with E-state index in [1.54, 1.807) is 0 Å². The van der Waals surface area contributed by atoms with E-state index in [9.17, 15) is 0 Å². The Morgan fingerprint density at radius 1 is 0.632 bits per heavy atom. The third-order valence-corrected chi connectivity index (χ3v) is 4.60. The lowest BCUT2D eigenvalue weighted by molar-refractivity contribution is 0.00245. The highest BCUT2D eigenvalue weighted by Crippen LogP contribution is 2.45. The Morgan fingerprint density at radius 3 is 1.16 bits per heavy atom. The Labute approximate surface area is 121 Å². The van der Waals surface area contributed by atoms with Crippen LogP contribution in [0.5, 0.6) is 0 Å². The molecule has 1 aliphatic heterocycles. The van der Waals surface area contributed by atoms with Crippen LogP contribution in [-0.4, -0.2) is 12.2 Å². The molecular formula is C18H36O. The molecule has 0 saturated carbocycles. The molecule has 4 unspecified atom stereocenters. The summed E-state index contributed by atoms with van der Waals surface area (Å²) in [6.07, 6.45) is 3.41. The van der Waals surface area contributed by atoms with Crippen LogP contribution in [0.3, 0.4) is 0 Å². The van der Waals surface area contributed by atoms with E-state index < -0.39 is 0 Å². The quantitative estimate of drug-likeness (QED) is 0.627. The Bertz CT molecular complexity index is 228. The minimum absolute atomic E-state index is 0.483. The minimum Gasteiger partial charge on any atom is -0.374 e. The second-order valence-corrected chi connectivity index (χ2v) is 8.11. The summed E-state index contributed by atoms with van der Waals surface area (Å²) < 4.78 is 6.53. The number of rotatable bonds is 6. The second kappa shape index (κ2) is 7.11. The molecule has 4 atom stereocenters. The fourth-order valence-electron chi connectivity index (χ4n) is 4.00. The fraction of sp³-hybridized carbons (Fsp3) is 1.00. The van der Waals surface area contributed by atoms with Gasteiger partial charge in [-0.1, -0.05) is 55.4 Å². The van der Waals surface area contributed by atoms with Gasteiger partial charge in [-0.25, -0.2) is 0 Å². The standard InChI is InChI=1S/C18H36O/c1-11(2)9-15-17(13(5)6)18(14(7)8)16(19-15)10-12(3)4/h11-18H,9-10H2,1-8H3. The first-order chi connectivity index (χ1) is 8.73. The van der Waals surface area contributed by atoms with Crippen molar-refractivity contribution in [2.24, 2.45) is 35.5 Å². The van der Waals surface area contributed by atoms with Crippen molar-refractivity contribution in [1.82, 2.24) is 0 Å². The normalized spacial score (nSPS) is 32.2. The van der Waals surface area contributed by atoms with Gasteiger partial charge in [0.05, 0.1) is 12.2 Å². The first kappa shape index (κ1) is 17.0. The van der Waals surface area contributed by atoms with E-state index in [0.717, 1.165) is 35.5 Å². The van der Waals surface area contributed by atoms with Crippen molar-refractivity contribution in [3.8, 4) is 0 Å². The molecule has 1 aliphatic rings. The van der Waals surface area contributed by atoms with E-state index >= 15 is 0 Å². The van der Waals surface area contributed by atoms with Crippen LogP contribution in [0.4, 0.5) is 0 Å². The summed E-state index contributed by atoms with van der Waals surface area (Å²) >= 11 is 0. The summed E-state index contributed by atoms with van der Waals surface area (Å²) in [7, 11) is 0. The van der Waals surface area contributed by atoms with Crippen LogP contribution in [0, 0.1) is 35.5 Å². The molecule has 1 rings (SSSR count). The smallest absolute Gasteiger partial charge is 0.0615 e. The third-order valence-electron chi connectivity index (χ3n) is 4.60. The molecule has 19 heavy (non-hydrogen) atoms. The van der Waals surface area contributed by atoms with E-state index in [4.69, 9.17) is 4.74 Å². The lowest BCUT2D eigenvalue weighted by Crippen LogP contribution is -2.31. The zero-order valence-corrected chi connectivity index (χ0v) is 14.4. The van der Waals surface area contributed by atoms with E-state index in [2.05, 4.69) is 55.4 Å². The molecule has 0 aromatic rings. The zero-order valence-electron chi connectivity index (χ0n) is 14.4. The largest absolute Gasteiger partial charge is 0.374 e. The van der Waals surface area contributed by atoms with E-state index in [1.807, 2.05) is 0 Å². The van der Waals surface area contributed by atoms with Crippen LogP contribution >= 0.6 is 0 Å². The predicted octanol–water partition coefficient (Wildman–Crippen LogP) is 5.39. The minimum atomic E-state index is 0.483. The first-order valence-electron chi connectivity index (χ1n) is 8.39. The van der Waals surface area contributed by atoms with Crippen molar-refractivity contribution in [3.05, 3.63) is 0 Å². The summed E-state index contributed by atoms with van der Waals surface area (Å²) in [5, 5.41) is 0. The summed E-state index contributed by atoms with van der Waals surface area (Å²) in [4.78, 5) is 0. The summed E-state index contributed by atoms with van der Waals surface area (Å²) in [6.45, 7) is 18.8. The van der Waals surface area contributed by atoms with Gasteiger partial charge in [-0.05, 0) is 48.3 Å². The Morgan fingerprint density at radius 2 is 0.947 bits per heavy atom. The predicted molar refractivity (Wildman–Crippen MR) is 84.2 cm³/mol. The third kappa shape index (κ3) is 4.48. The SMILES string of the molecule is CC(C)CC1OC(CC(C)C)C(C(C)C)C1C(C)C. The van der Waals surface area contributed by atoms with Crippen molar-refractivity contribution in [3.63, 3.8) is 0 Å². The summed E-state index contributed by atoms with van der Waals surface area (Å²) in [6, 6.07) is 0. The van der Waals surface area contributed by atoms with Crippen LogP contribution in [0.2, 0.25) is 0 Å². The second-order valence-electron chi connectivity index (χ2n) is 8.11. The molecule has 0 N–H and O–H groups in total. The van der Waals surface area contributed by atoms with Gasteiger partial charge in [-0.3, -0.25) is 0 Å². The number of hydrogen-bond acceptors (Lipinski definition) is 1. The first-order valence-corrected chi connectivity index (χ1v) is 8.39. The van der Waals surface area contributed by atoms with Gasteiger partial charge < -0.3 is 4.74 Å². The lowest BCUT2D eigenvalue weighted by Gasteiger charge is -2.31. The molecule has 0 bridgehead atoms. The maximum atomic E-state index is 6.53. The molecule has 0 aromatic heterocycles. The highest BCUT2D eigenvalue weighted by atomic mass is 16.5. The van der Waals surface area contributed by atoms with Gasteiger partial charge in [0, 0.05) is 0 Å². The van der Waals surface area contributed by atoms with Crippen LogP contribution in [0.15, 0.2) is 0 Å². The molecule has 0 spiro atoms. The molecule has 1 fully saturated rings. The van der Waals surface area contributed by atoms with Crippen LogP contribution in [0.1, 0.15) is 68.2 Å². The summed E-state index contributed by atoms with van der Waals surface area (Å²) in [5.74, 6) is 4.41. The average Bonchev–Trinajstić information content (AvgIpc) is 2.53. The highest BCUT2D eigenvalue weighted by molar-refractivity contribution is 4.93. The molecule has 0 aliphatic carbocycles. The van der Waals surface area contributed by atoms with Crippen LogP contribution < -0.4 is 0 Å². The Balaban J connectivity index is 2.90. The van der Waals surface area contributed by atoms with Crippen molar-refractivity contribution in [2.45, 2.75) is 80.4 Å². The van der Waals surface area contributed by atoms with Gasteiger partial charge >= 0.3 is 0 Å². The van der Waals surface area contributed by atoms with Gasteiger partial charge in [-0.2, -0.15) is 0 Å². The van der Waals surface area contributed by atoms with Crippen molar-refractivity contribution in [2.75, 3.05) is 0 Å². The van der Waals surface area contributed by atoms with Gasteiger partial charge in [0.1, 0.15) is 0 Å². The molecule has 114 valence electrons. The van der Waals surface area contributed by atoms with Gasteiger partial charge in [0.15, 0.2) is 0 Å². The van der Waals surface area contributed by atoms with Crippen molar-refractivity contribution >= 4 is 0 Å². The van der Waals surface area contributed by atoms with Crippen LogP contribution in [-0.2, 0) is 4.74 Å². The molecule has 1 heterocycles.